The fourth-order valence-corrected chi connectivity index (χ4v) is 3.35. The maximum Gasteiger partial charge on any atom is 0.425 e. The molecule has 3 rings (SSSR count). The summed E-state index contributed by atoms with van der Waals surface area (Å²) in [5.41, 5.74) is 6.30. The summed E-state index contributed by atoms with van der Waals surface area (Å²) in [4.78, 5) is 36.3. The highest BCUT2D eigenvalue weighted by molar-refractivity contribution is 7.86. The Morgan fingerprint density at radius 3 is 2.62 bits per heavy atom. The number of amides is 1. The molecule has 2 aromatic heterocycles. The molecule has 3 heterocycles. The zero-order valence-corrected chi connectivity index (χ0v) is 16.6. The van der Waals surface area contributed by atoms with Gasteiger partial charge in [-0.2, -0.15) is 8.42 Å². The van der Waals surface area contributed by atoms with Crippen molar-refractivity contribution in [2.75, 3.05) is 43.1 Å². The van der Waals surface area contributed by atoms with Crippen LogP contribution in [0.15, 0.2) is 36.5 Å². The van der Waals surface area contributed by atoms with Gasteiger partial charge in [0, 0.05) is 32.4 Å². The zero-order chi connectivity index (χ0) is 21.0. The highest BCUT2D eigenvalue weighted by atomic mass is 32.2. The first-order valence-corrected chi connectivity index (χ1v) is 10.7. The fourth-order valence-electron chi connectivity index (χ4n) is 2.98. The van der Waals surface area contributed by atoms with Crippen molar-refractivity contribution in [2.24, 2.45) is 0 Å². The highest BCUT2D eigenvalue weighted by Crippen LogP contribution is 2.18. The number of hydrogen-bond donors (Lipinski definition) is 1. The lowest BCUT2D eigenvalue weighted by Crippen LogP contribution is -2.36. The molecule has 29 heavy (non-hydrogen) atoms. The summed E-state index contributed by atoms with van der Waals surface area (Å²) in [6.45, 7) is 1.63. The Bertz CT molecular complexity index is 1030. The Morgan fingerprint density at radius 2 is 1.90 bits per heavy atom. The minimum absolute atomic E-state index is 0.138. The summed E-state index contributed by atoms with van der Waals surface area (Å²) in [5, 5.41) is 0. The number of rotatable bonds is 4. The second kappa shape index (κ2) is 8.43. The second-order valence-electron chi connectivity index (χ2n) is 6.53. The van der Waals surface area contributed by atoms with Crippen molar-refractivity contribution in [1.82, 2.24) is 14.9 Å². The van der Waals surface area contributed by atoms with Crippen LogP contribution in [0.4, 0.5) is 16.4 Å². The molecule has 2 aromatic rings. The van der Waals surface area contributed by atoms with Crippen molar-refractivity contribution in [3.05, 3.63) is 47.8 Å². The molecule has 1 amide bonds. The molecule has 0 spiro atoms. The number of nitrogen functional groups attached to an aromatic ring is 1. The van der Waals surface area contributed by atoms with E-state index >= 15 is 0 Å². The molecule has 0 radical (unpaired) electrons. The monoisotopic (exact) mass is 419 g/mol. The number of ketones is 1. The van der Waals surface area contributed by atoms with Gasteiger partial charge in [0.25, 0.3) is 0 Å². The third kappa shape index (κ3) is 5.19. The van der Waals surface area contributed by atoms with Crippen molar-refractivity contribution >= 4 is 33.6 Å². The standard InChI is InChI=1S/C18H21N5O5S/c1-29(26,27)28-18(25)23-10-4-9-22(11-12-23)15-7-2-6-14(21-15)16(24)13-5-3-8-20-17(13)19/h2-3,5-8H,4,9-12H2,1H3,(H2,19,20). The third-order valence-corrected chi connectivity index (χ3v) is 4.80. The molecule has 1 aliphatic rings. The lowest BCUT2D eigenvalue weighted by Gasteiger charge is -2.22. The number of hydrogen-bond acceptors (Lipinski definition) is 9. The largest absolute Gasteiger partial charge is 0.425 e. The molecule has 0 aliphatic carbocycles. The summed E-state index contributed by atoms with van der Waals surface area (Å²) in [6.07, 6.45) is 2.04. The van der Waals surface area contributed by atoms with Crippen LogP contribution < -0.4 is 10.6 Å². The molecule has 0 atom stereocenters. The number of pyridine rings is 2. The molecule has 2 N–H and O–H groups in total. The number of carbonyl (C=O) groups excluding carboxylic acids is 2. The van der Waals surface area contributed by atoms with Gasteiger partial charge in [0.05, 0.1) is 11.8 Å². The van der Waals surface area contributed by atoms with E-state index < -0.39 is 16.2 Å². The number of nitrogens with two attached hydrogens (primary N) is 1. The number of nitrogens with zero attached hydrogens (tertiary/aromatic N) is 4. The van der Waals surface area contributed by atoms with Crippen LogP contribution in [0, 0.1) is 0 Å². The maximum atomic E-state index is 12.7. The number of anilines is 2. The first-order chi connectivity index (χ1) is 13.7. The van der Waals surface area contributed by atoms with E-state index in [1.807, 2.05) is 4.90 Å². The average Bonchev–Trinajstić information content (AvgIpc) is 2.93. The Hall–Kier alpha value is -3.21. The SMILES string of the molecule is CS(=O)(=O)OC(=O)N1CCCN(c2cccc(C(=O)c3cccnc3N)n2)CC1. The van der Waals surface area contributed by atoms with E-state index in [9.17, 15) is 18.0 Å². The Morgan fingerprint density at radius 1 is 1.10 bits per heavy atom. The Labute approximate surface area is 168 Å². The molecule has 0 aromatic carbocycles. The van der Waals surface area contributed by atoms with Gasteiger partial charge in [0.2, 0.25) is 5.78 Å². The number of carbonyl (C=O) groups is 2. The summed E-state index contributed by atoms with van der Waals surface area (Å²) in [7, 11) is -3.87. The average molecular weight is 419 g/mol. The topological polar surface area (TPSA) is 136 Å². The fraction of sp³-hybridized carbons (Fsp3) is 0.333. The van der Waals surface area contributed by atoms with Crippen molar-refractivity contribution in [2.45, 2.75) is 6.42 Å². The van der Waals surface area contributed by atoms with Gasteiger partial charge in [-0.25, -0.2) is 14.8 Å². The predicted molar refractivity (Wildman–Crippen MR) is 106 cm³/mol. The van der Waals surface area contributed by atoms with E-state index in [0.717, 1.165) is 6.26 Å². The van der Waals surface area contributed by atoms with Crippen LogP contribution >= 0.6 is 0 Å². The van der Waals surface area contributed by atoms with Crippen LogP contribution in [0.1, 0.15) is 22.5 Å². The molecular weight excluding hydrogens is 398 g/mol. The molecule has 154 valence electrons. The van der Waals surface area contributed by atoms with Crippen LogP contribution in [-0.4, -0.2) is 67.6 Å². The van der Waals surface area contributed by atoms with Gasteiger partial charge < -0.3 is 19.7 Å². The Balaban J connectivity index is 1.73. The van der Waals surface area contributed by atoms with Crippen molar-refractivity contribution < 1.29 is 22.2 Å². The molecule has 0 bridgehead atoms. The lowest BCUT2D eigenvalue weighted by atomic mass is 10.1. The van der Waals surface area contributed by atoms with Gasteiger partial charge >= 0.3 is 16.2 Å². The van der Waals surface area contributed by atoms with Gasteiger partial charge in [-0.05, 0) is 30.7 Å². The van der Waals surface area contributed by atoms with Crippen LogP contribution in [0.25, 0.3) is 0 Å². The van der Waals surface area contributed by atoms with Gasteiger partial charge in [-0.1, -0.05) is 6.07 Å². The van der Waals surface area contributed by atoms with Crippen LogP contribution in [0.2, 0.25) is 0 Å². The summed E-state index contributed by atoms with van der Waals surface area (Å²) >= 11 is 0. The minimum Gasteiger partial charge on any atom is -0.383 e. The van der Waals surface area contributed by atoms with Crippen LogP contribution in [-0.2, 0) is 14.3 Å². The molecule has 11 heteroatoms. The lowest BCUT2D eigenvalue weighted by molar-refractivity contribution is 0.103. The van der Waals surface area contributed by atoms with Crippen molar-refractivity contribution in [1.29, 1.82) is 0 Å². The first kappa shape index (κ1) is 20.5. The molecular formula is C18H21N5O5S. The molecule has 0 saturated carbocycles. The van der Waals surface area contributed by atoms with E-state index in [-0.39, 0.29) is 29.4 Å². The third-order valence-electron chi connectivity index (χ3n) is 4.35. The van der Waals surface area contributed by atoms with Gasteiger partial charge in [-0.15, -0.1) is 0 Å². The zero-order valence-electron chi connectivity index (χ0n) is 15.8. The van der Waals surface area contributed by atoms with Crippen LogP contribution in [0.3, 0.4) is 0 Å². The van der Waals surface area contributed by atoms with E-state index in [2.05, 4.69) is 14.2 Å². The van der Waals surface area contributed by atoms with Crippen molar-refractivity contribution in [3.63, 3.8) is 0 Å². The normalized spacial score (nSPS) is 14.9. The quantitative estimate of drug-likeness (QED) is 0.566. The summed E-state index contributed by atoms with van der Waals surface area (Å²) < 4.78 is 26.8. The maximum absolute atomic E-state index is 12.7. The molecule has 0 unspecified atom stereocenters. The highest BCUT2D eigenvalue weighted by Gasteiger charge is 2.24. The van der Waals surface area contributed by atoms with E-state index in [4.69, 9.17) is 5.73 Å². The molecule has 1 saturated heterocycles. The minimum atomic E-state index is -3.87. The van der Waals surface area contributed by atoms with Gasteiger partial charge in [-0.3, -0.25) is 4.79 Å². The second-order valence-corrected chi connectivity index (χ2v) is 8.10. The van der Waals surface area contributed by atoms with Crippen LogP contribution in [0.5, 0.6) is 0 Å². The molecule has 1 fully saturated rings. The Kier molecular flexibility index (Phi) is 5.97. The van der Waals surface area contributed by atoms with E-state index in [1.54, 1.807) is 30.3 Å². The summed E-state index contributed by atoms with van der Waals surface area (Å²) in [6, 6.07) is 8.32. The predicted octanol–water partition coefficient (Wildman–Crippen LogP) is 0.898. The van der Waals surface area contributed by atoms with Gasteiger partial charge in [0.15, 0.2) is 0 Å². The molecule has 1 aliphatic heterocycles. The van der Waals surface area contributed by atoms with Crippen molar-refractivity contribution in [3.8, 4) is 0 Å². The molecule has 10 nitrogen and oxygen atoms in total. The van der Waals surface area contributed by atoms with E-state index in [0.29, 0.717) is 31.9 Å². The van der Waals surface area contributed by atoms with Gasteiger partial charge in [0.1, 0.15) is 17.3 Å². The summed E-state index contributed by atoms with van der Waals surface area (Å²) in [5.74, 6) is 0.391. The first-order valence-electron chi connectivity index (χ1n) is 8.90. The van der Waals surface area contributed by atoms with E-state index in [1.165, 1.54) is 11.1 Å². The number of aromatic nitrogens is 2. The smallest absolute Gasteiger partial charge is 0.383 e.